The first-order valence-corrected chi connectivity index (χ1v) is 25.7. The first-order valence-electron chi connectivity index (χ1n) is 22.9. The third-order valence-electron chi connectivity index (χ3n) is 12.2. The monoisotopic (exact) mass is 1000 g/mol. The number of benzene rings is 4. The Hall–Kier alpha value is -7.11. The van der Waals surface area contributed by atoms with Crippen molar-refractivity contribution in [1.29, 1.82) is 0 Å². The van der Waals surface area contributed by atoms with E-state index in [0.717, 1.165) is 104 Å². The van der Waals surface area contributed by atoms with Gasteiger partial charge in [0, 0.05) is 53.2 Å². The fourth-order valence-electron chi connectivity index (χ4n) is 8.88. The number of ether oxygens (including phenoxy) is 1. The molecular formula is C54H45ClF2N10O2S2. The summed E-state index contributed by atoms with van der Waals surface area (Å²) in [4.78, 5) is 36.5. The van der Waals surface area contributed by atoms with Gasteiger partial charge in [0.05, 0.1) is 63.9 Å². The summed E-state index contributed by atoms with van der Waals surface area (Å²) in [5, 5.41) is 13.9. The number of nitrogens with zero attached hydrogens (tertiary/aromatic N) is 10. The highest BCUT2D eigenvalue weighted by molar-refractivity contribution is 7.98. The van der Waals surface area contributed by atoms with Crippen molar-refractivity contribution in [2.24, 2.45) is 0 Å². The van der Waals surface area contributed by atoms with Gasteiger partial charge in [-0.25, -0.2) is 48.7 Å². The largest absolute Gasteiger partial charge is 0.475 e. The Morgan fingerprint density at radius 1 is 0.577 bits per heavy atom. The summed E-state index contributed by atoms with van der Waals surface area (Å²) in [6, 6.07) is 40.1. The van der Waals surface area contributed by atoms with Gasteiger partial charge in [-0.1, -0.05) is 71.5 Å². The number of rotatable bonds is 10. The minimum Gasteiger partial charge on any atom is -0.475 e. The Morgan fingerprint density at radius 2 is 1.07 bits per heavy atom. The number of halogens is 3. The lowest BCUT2D eigenvalue weighted by Crippen LogP contribution is -2.15. The zero-order valence-corrected chi connectivity index (χ0v) is 40.9. The number of aliphatic hydroxyl groups is 1. The van der Waals surface area contributed by atoms with Crippen LogP contribution in [0.5, 0.6) is 5.88 Å². The van der Waals surface area contributed by atoms with E-state index in [1.54, 1.807) is 42.7 Å². The van der Waals surface area contributed by atoms with Gasteiger partial charge in [0.25, 0.3) is 0 Å². The van der Waals surface area contributed by atoms with Crippen LogP contribution in [-0.2, 0) is 12.8 Å². The van der Waals surface area contributed by atoms with Crippen molar-refractivity contribution in [1.82, 2.24) is 49.0 Å². The predicted octanol–water partition coefficient (Wildman–Crippen LogP) is 12.2. The molecule has 12 rings (SSSR count). The van der Waals surface area contributed by atoms with Gasteiger partial charge < -0.3 is 19.0 Å². The average Bonchev–Trinajstić information content (AvgIpc) is 4.20. The zero-order chi connectivity index (χ0) is 48.8. The number of pyridine rings is 2. The second-order valence-corrected chi connectivity index (χ2v) is 18.5. The summed E-state index contributed by atoms with van der Waals surface area (Å²) in [6.45, 7) is 0.519. The van der Waals surface area contributed by atoms with Gasteiger partial charge in [0.2, 0.25) is 5.88 Å². The molecule has 17 heteroatoms. The number of imidazole rings is 2. The van der Waals surface area contributed by atoms with Crippen LogP contribution in [0, 0.1) is 11.6 Å². The smallest absolute Gasteiger partial charge is 0.213 e. The average molecular weight is 1000 g/mol. The topological polar surface area (TPSA) is 142 Å². The molecule has 4 aromatic carbocycles. The second-order valence-electron chi connectivity index (χ2n) is 16.6. The van der Waals surface area contributed by atoms with Crippen molar-refractivity contribution in [3.63, 3.8) is 0 Å². The number of thioether (sulfide) groups is 2. The van der Waals surface area contributed by atoms with Gasteiger partial charge in [-0.3, -0.25) is 0 Å². The fraction of sp³-hybridized carbons (Fsp3) is 0.185. The fourth-order valence-corrected chi connectivity index (χ4v) is 9.74. The second kappa shape index (κ2) is 21.5. The lowest BCUT2D eigenvalue weighted by Gasteiger charge is -2.18. The van der Waals surface area contributed by atoms with Crippen LogP contribution in [0.25, 0.3) is 67.1 Å². The maximum atomic E-state index is 13.6. The van der Waals surface area contributed by atoms with Crippen molar-refractivity contribution >= 4 is 56.9 Å². The Labute approximate surface area is 421 Å². The van der Waals surface area contributed by atoms with E-state index in [4.69, 9.17) is 31.3 Å². The van der Waals surface area contributed by atoms with E-state index in [1.807, 2.05) is 91.4 Å². The number of aliphatic hydroxyl groups excluding tert-OH is 1. The zero-order valence-electron chi connectivity index (χ0n) is 38.5. The van der Waals surface area contributed by atoms with Crippen LogP contribution < -0.4 is 4.74 Å². The van der Waals surface area contributed by atoms with Crippen molar-refractivity contribution in [3.8, 4) is 51.2 Å². The van der Waals surface area contributed by atoms with E-state index in [1.165, 1.54) is 47.8 Å². The predicted molar refractivity (Wildman–Crippen MR) is 277 cm³/mol. The molecule has 0 amide bonds. The molecule has 1 N–H and O–H groups in total. The molecule has 0 bridgehead atoms. The molecule has 0 saturated heterocycles. The summed E-state index contributed by atoms with van der Waals surface area (Å²) in [5.41, 5.74) is 8.40. The lowest BCUT2D eigenvalue weighted by molar-refractivity contribution is 0.234. The third kappa shape index (κ3) is 10.4. The SMILES string of the molecule is CSc1nccc(-c2c(-c3ccc(F)cc3)nc3n2[C@H](CO)CC3)n1.CSc1nccc(-c2c(-c3ccc(F)cc3)nc3n2[C@H](COc2ccc4ccccc4n2)CC3)n1.Clc1ccc2ccccc2n1. The van der Waals surface area contributed by atoms with Crippen LogP contribution in [0.3, 0.4) is 0 Å². The van der Waals surface area contributed by atoms with Gasteiger partial charge in [0.15, 0.2) is 10.3 Å². The first-order chi connectivity index (χ1) is 34.8. The molecule has 71 heavy (non-hydrogen) atoms. The number of hydrogen-bond acceptors (Lipinski definition) is 12. The Bertz CT molecular complexity index is 3490. The van der Waals surface area contributed by atoms with Crippen LogP contribution in [-0.4, -0.2) is 79.8 Å². The molecule has 0 fully saturated rings. The molecule has 0 spiro atoms. The van der Waals surface area contributed by atoms with Crippen LogP contribution >= 0.6 is 35.1 Å². The molecule has 2 atom stereocenters. The van der Waals surface area contributed by atoms with E-state index >= 15 is 0 Å². The molecule has 0 saturated carbocycles. The minimum absolute atomic E-state index is 0.0145. The summed E-state index contributed by atoms with van der Waals surface area (Å²) in [6.07, 6.45) is 10.8. The molecule has 6 aromatic heterocycles. The van der Waals surface area contributed by atoms with Crippen molar-refractivity contribution in [2.45, 2.75) is 48.1 Å². The molecule has 10 aromatic rings. The van der Waals surface area contributed by atoms with Crippen molar-refractivity contribution < 1.29 is 18.6 Å². The van der Waals surface area contributed by atoms with Crippen LogP contribution in [0.15, 0.2) is 156 Å². The van der Waals surface area contributed by atoms with E-state index in [-0.39, 0.29) is 30.3 Å². The van der Waals surface area contributed by atoms with Gasteiger partial charge in [-0.2, -0.15) is 0 Å². The highest BCUT2D eigenvalue weighted by Gasteiger charge is 2.32. The standard InChI is InChI=1S/C27H22FN5OS.C18H17FN4OS.C9H6ClN/c1-35-27-29-15-14-22(31-27)26-25(18-6-9-19(28)10-7-18)32-23-12-11-20(33(23)26)16-34-24-13-8-17-4-2-3-5-21(17)30-24;1-25-18-20-9-8-14(21-18)17-16(11-2-4-12(19)5-3-11)22-15-7-6-13(10-24)23(15)17;10-9-6-5-7-3-1-2-4-8(7)11-9/h2-10,13-15,20H,11-12,16H2,1H3;2-5,8-9,13,24H,6-7,10H2,1H3;1-6H/t20-;13-;/m00./s1. The Kier molecular flexibility index (Phi) is 14.4. The van der Waals surface area contributed by atoms with Crippen LogP contribution in [0.2, 0.25) is 5.15 Å². The van der Waals surface area contributed by atoms with E-state index in [9.17, 15) is 13.9 Å². The van der Waals surface area contributed by atoms with Crippen molar-refractivity contribution in [2.75, 3.05) is 25.7 Å². The van der Waals surface area contributed by atoms with E-state index in [0.29, 0.717) is 28.0 Å². The number of fused-ring (bicyclic) bond motifs is 4. The number of aromatic nitrogens is 10. The molecule has 8 heterocycles. The Morgan fingerprint density at radius 3 is 1.61 bits per heavy atom. The van der Waals surface area contributed by atoms with Gasteiger partial charge in [-0.15, -0.1) is 0 Å². The van der Waals surface area contributed by atoms with Crippen molar-refractivity contribution in [3.05, 3.63) is 174 Å². The summed E-state index contributed by atoms with van der Waals surface area (Å²) in [5.74, 6) is 1.95. The van der Waals surface area contributed by atoms with Gasteiger partial charge >= 0.3 is 0 Å². The summed E-state index contributed by atoms with van der Waals surface area (Å²) in [7, 11) is 0. The third-order valence-corrected chi connectivity index (χ3v) is 13.6. The summed E-state index contributed by atoms with van der Waals surface area (Å²) >= 11 is 8.67. The van der Waals surface area contributed by atoms with Gasteiger partial charge in [-0.05, 0) is 116 Å². The van der Waals surface area contributed by atoms with Crippen LogP contribution in [0.1, 0.15) is 36.6 Å². The molecule has 2 aliphatic rings. The molecule has 0 radical (unpaired) electrons. The number of hydrogen-bond donors (Lipinski definition) is 1. The summed E-state index contributed by atoms with van der Waals surface area (Å²) < 4.78 is 37.4. The first kappa shape index (κ1) is 47.6. The molecular weight excluding hydrogens is 958 g/mol. The van der Waals surface area contributed by atoms with Crippen LogP contribution in [0.4, 0.5) is 8.78 Å². The van der Waals surface area contributed by atoms with Gasteiger partial charge in [0.1, 0.15) is 35.0 Å². The number of para-hydroxylation sites is 2. The molecule has 356 valence electrons. The molecule has 12 nitrogen and oxygen atoms in total. The van der Waals surface area contributed by atoms with E-state index in [2.05, 4.69) is 34.1 Å². The minimum atomic E-state index is -0.281. The Balaban J connectivity index is 0.000000140. The quantitative estimate of drug-likeness (QED) is 0.0791. The maximum absolute atomic E-state index is 13.6. The highest BCUT2D eigenvalue weighted by atomic mass is 35.5. The maximum Gasteiger partial charge on any atom is 0.213 e. The molecule has 0 aliphatic carbocycles. The van der Waals surface area contributed by atoms with E-state index < -0.39 is 0 Å². The lowest BCUT2D eigenvalue weighted by atomic mass is 10.1. The highest BCUT2D eigenvalue weighted by Crippen LogP contribution is 2.41. The number of aryl methyl sites for hydroxylation is 2. The molecule has 2 aliphatic heterocycles. The molecule has 0 unspecified atom stereocenters. The normalized spacial score (nSPS) is 14.6.